The topological polar surface area (TPSA) is 59.1 Å². The molecule has 3 nitrogen and oxygen atoms in total. The number of aliphatic hydroxyl groups excluding tert-OH is 1. The minimum Gasteiger partial charge on any atom is -0.399 e. The van der Waals surface area contributed by atoms with Gasteiger partial charge in [-0.25, -0.2) is 0 Å². The van der Waals surface area contributed by atoms with Crippen molar-refractivity contribution in [3.63, 3.8) is 0 Å². The second-order valence-corrected chi connectivity index (χ2v) is 4.52. The minimum atomic E-state index is -0.695. The molecule has 0 bridgehead atoms. The van der Waals surface area contributed by atoms with Crippen LogP contribution in [0.4, 0.5) is 5.69 Å². The van der Waals surface area contributed by atoms with E-state index in [4.69, 9.17) is 5.73 Å². The molecule has 1 atom stereocenters. The van der Waals surface area contributed by atoms with Gasteiger partial charge in [-0.1, -0.05) is 36.4 Å². The molecule has 19 heavy (non-hydrogen) atoms. The third kappa shape index (κ3) is 2.16. The summed E-state index contributed by atoms with van der Waals surface area (Å²) in [4.78, 5) is 4.19. The summed E-state index contributed by atoms with van der Waals surface area (Å²) in [6, 6.07) is 15.1. The van der Waals surface area contributed by atoms with Crippen LogP contribution in [0, 0.1) is 0 Å². The molecular formula is C16H14N2O. The van der Waals surface area contributed by atoms with Crippen molar-refractivity contribution in [3.8, 4) is 0 Å². The minimum absolute atomic E-state index is 0.687. The molecule has 0 amide bonds. The highest BCUT2D eigenvalue weighted by Gasteiger charge is 2.13. The van der Waals surface area contributed by atoms with Gasteiger partial charge in [-0.05, 0) is 23.1 Å². The number of hydrogen-bond donors (Lipinski definition) is 2. The van der Waals surface area contributed by atoms with Gasteiger partial charge in [0.15, 0.2) is 0 Å². The van der Waals surface area contributed by atoms with Gasteiger partial charge in [0, 0.05) is 29.0 Å². The van der Waals surface area contributed by atoms with Crippen LogP contribution < -0.4 is 5.73 Å². The van der Waals surface area contributed by atoms with Gasteiger partial charge >= 0.3 is 0 Å². The fourth-order valence-electron chi connectivity index (χ4n) is 2.22. The number of nitrogens with zero attached hydrogens (tertiary/aromatic N) is 1. The van der Waals surface area contributed by atoms with E-state index < -0.39 is 6.10 Å². The van der Waals surface area contributed by atoms with Crippen LogP contribution in [0.25, 0.3) is 10.8 Å². The third-order valence-corrected chi connectivity index (χ3v) is 3.25. The predicted molar refractivity (Wildman–Crippen MR) is 76.7 cm³/mol. The Kier molecular flexibility index (Phi) is 2.89. The number of benzene rings is 2. The third-order valence-electron chi connectivity index (χ3n) is 3.25. The van der Waals surface area contributed by atoms with E-state index in [1.165, 1.54) is 0 Å². The molecule has 2 aromatic carbocycles. The summed E-state index contributed by atoms with van der Waals surface area (Å²) < 4.78 is 0. The number of nitrogens with two attached hydrogens (primary N) is 1. The predicted octanol–water partition coefficient (Wildman–Crippen LogP) is 2.90. The van der Waals surface area contributed by atoms with E-state index in [1.807, 2.05) is 36.4 Å². The van der Waals surface area contributed by atoms with Crippen molar-refractivity contribution in [2.24, 2.45) is 0 Å². The maximum Gasteiger partial charge on any atom is 0.106 e. The summed E-state index contributed by atoms with van der Waals surface area (Å²) in [6.07, 6.45) is 2.82. The first kappa shape index (κ1) is 11.7. The first-order valence-corrected chi connectivity index (χ1v) is 6.12. The molecule has 0 fully saturated rings. The smallest absolute Gasteiger partial charge is 0.106 e. The molecule has 0 aliphatic carbocycles. The Balaban J connectivity index is 2.11. The summed E-state index contributed by atoms with van der Waals surface area (Å²) in [5.41, 5.74) is 7.97. The number of aliphatic hydroxyl groups is 1. The standard InChI is InChI=1S/C16H14N2O/c17-13-7-5-11(6-8-13)16(19)15-10-18-9-12-3-1-2-4-14(12)15/h1-10,16,19H,17H2. The Morgan fingerprint density at radius 1 is 0.947 bits per heavy atom. The molecule has 0 radical (unpaired) electrons. The summed E-state index contributed by atoms with van der Waals surface area (Å²) in [6.45, 7) is 0. The molecule has 0 saturated carbocycles. The zero-order valence-electron chi connectivity index (χ0n) is 10.3. The number of aromatic nitrogens is 1. The van der Waals surface area contributed by atoms with Crippen LogP contribution in [0.3, 0.4) is 0 Å². The molecule has 3 N–H and O–H groups in total. The molecule has 3 aromatic rings. The first-order chi connectivity index (χ1) is 9.25. The zero-order chi connectivity index (χ0) is 13.2. The van der Waals surface area contributed by atoms with E-state index >= 15 is 0 Å². The molecule has 0 aliphatic rings. The van der Waals surface area contributed by atoms with Crippen LogP contribution in [0.1, 0.15) is 17.2 Å². The molecule has 0 saturated heterocycles. The molecule has 3 heteroatoms. The Hall–Kier alpha value is -2.39. The van der Waals surface area contributed by atoms with Crippen molar-refractivity contribution in [2.75, 3.05) is 5.73 Å². The van der Waals surface area contributed by atoms with Gasteiger partial charge in [0.2, 0.25) is 0 Å². The number of hydrogen-bond acceptors (Lipinski definition) is 3. The van der Waals surface area contributed by atoms with Crippen molar-refractivity contribution in [2.45, 2.75) is 6.10 Å². The van der Waals surface area contributed by atoms with Gasteiger partial charge in [0.1, 0.15) is 6.10 Å². The van der Waals surface area contributed by atoms with Gasteiger partial charge in [0.25, 0.3) is 0 Å². The summed E-state index contributed by atoms with van der Waals surface area (Å²) in [5, 5.41) is 12.5. The summed E-state index contributed by atoms with van der Waals surface area (Å²) in [5.74, 6) is 0. The lowest BCUT2D eigenvalue weighted by atomic mass is 9.98. The number of nitrogen functional groups attached to an aromatic ring is 1. The Morgan fingerprint density at radius 3 is 2.47 bits per heavy atom. The average Bonchev–Trinajstić information content (AvgIpc) is 2.47. The number of fused-ring (bicyclic) bond motifs is 1. The maximum atomic E-state index is 10.5. The highest BCUT2D eigenvalue weighted by atomic mass is 16.3. The molecular weight excluding hydrogens is 236 g/mol. The highest BCUT2D eigenvalue weighted by Crippen LogP contribution is 2.28. The van der Waals surface area contributed by atoms with E-state index in [0.29, 0.717) is 5.69 Å². The fourth-order valence-corrected chi connectivity index (χ4v) is 2.22. The Morgan fingerprint density at radius 2 is 1.68 bits per heavy atom. The lowest BCUT2D eigenvalue weighted by Crippen LogP contribution is -2.01. The van der Waals surface area contributed by atoms with Gasteiger partial charge < -0.3 is 10.8 Å². The SMILES string of the molecule is Nc1ccc(C(O)c2cncc3ccccc23)cc1. The van der Waals surface area contributed by atoms with Crippen LogP contribution in [-0.4, -0.2) is 10.1 Å². The molecule has 3 rings (SSSR count). The van der Waals surface area contributed by atoms with Gasteiger partial charge in [-0.2, -0.15) is 0 Å². The van der Waals surface area contributed by atoms with E-state index in [9.17, 15) is 5.11 Å². The van der Waals surface area contributed by atoms with Crippen molar-refractivity contribution < 1.29 is 5.11 Å². The number of pyridine rings is 1. The van der Waals surface area contributed by atoms with Crippen molar-refractivity contribution in [1.82, 2.24) is 4.98 Å². The Bertz CT molecular complexity index is 702. The van der Waals surface area contributed by atoms with Crippen LogP contribution in [0.2, 0.25) is 0 Å². The van der Waals surface area contributed by atoms with Crippen molar-refractivity contribution >= 4 is 16.5 Å². The molecule has 0 aliphatic heterocycles. The van der Waals surface area contributed by atoms with Gasteiger partial charge in [-0.15, -0.1) is 0 Å². The van der Waals surface area contributed by atoms with E-state index in [-0.39, 0.29) is 0 Å². The molecule has 94 valence electrons. The largest absolute Gasteiger partial charge is 0.399 e. The first-order valence-electron chi connectivity index (χ1n) is 6.12. The van der Waals surface area contributed by atoms with E-state index in [0.717, 1.165) is 21.9 Å². The Labute approximate surface area is 111 Å². The van der Waals surface area contributed by atoms with Crippen LogP contribution in [0.5, 0.6) is 0 Å². The summed E-state index contributed by atoms with van der Waals surface area (Å²) in [7, 11) is 0. The van der Waals surface area contributed by atoms with E-state index in [2.05, 4.69) is 4.98 Å². The lowest BCUT2D eigenvalue weighted by molar-refractivity contribution is 0.221. The van der Waals surface area contributed by atoms with E-state index in [1.54, 1.807) is 24.5 Å². The quantitative estimate of drug-likeness (QED) is 0.687. The van der Waals surface area contributed by atoms with Crippen molar-refractivity contribution in [3.05, 3.63) is 72.1 Å². The van der Waals surface area contributed by atoms with Gasteiger partial charge in [-0.3, -0.25) is 4.98 Å². The maximum absolute atomic E-state index is 10.5. The molecule has 0 spiro atoms. The second kappa shape index (κ2) is 4.71. The highest BCUT2D eigenvalue weighted by molar-refractivity contribution is 5.85. The average molecular weight is 250 g/mol. The van der Waals surface area contributed by atoms with Crippen LogP contribution in [-0.2, 0) is 0 Å². The number of anilines is 1. The molecule has 1 aromatic heterocycles. The fraction of sp³-hybridized carbons (Fsp3) is 0.0625. The van der Waals surface area contributed by atoms with Crippen LogP contribution in [0.15, 0.2) is 60.9 Å². The van der Waals surface area contributed by atoms with Gasteiger partial charge in [0.05, 0.1) is 0 Å². The second-order valence-electron chi connectivity index (χ2n) is 4.52. The number of rotatable bonds is 2. The molecule has 1 heterocycles. The van der Waals surface area contributed by atoms with Crippen molar-refractivity contribution in [1.29, 1.82) is 0 Å². The molecule has 1 unspecified atom stereocenters. The summed E-state index contributed by atoms with van der Waals surface area (Å²) >= 11 is 0. The normalized spacial score (nSPS) is 12.5. The van der Waals surface area contributed by atoms with Crippen LogP contribution >= 0.6 is 0 Å². The monoisotopic (exact) mass is 250 g/mol. The zero-order valence-corrected chi connectivity index (χ0v) is 10.3. The lowest BCUT2D eigenvalue weighted by Gasteiger charge is -2.13.